The van der Waals surface area contributed by atoms with Gasteiger partial charge in [-0.05, 0) is 23.6 Å². The van der Waals surface area contributed by atoms with Crippen molar-refractivity contribution in [3.63, 3.8) is 0 Å². The predicted molar refractivity (Wildman–Crippen MR) is 99.0 cm³/mol. The highest BCUT2D eigenvalue weighted by Gasteiger charge is 2.33. The topological polar surface area (TPSA) is 72.7 Å². The molecule has 0 N–H and O–H groups in total. The van der Waals surface area contributed by atoms with Crippen LogP contribution in [0.2, 0.25) is 0 Å². The summed E-state index contributed by atoms with van der Waals surface area (Å²) in [5.41, 5.74) is 0.747. The second kappa shape index (κ2) is 8.39. The SMILES string of the molecule is COP(=O)(c1ccccc1)N(Cc1cccc([N+](=O)[O-])c1)CC(C)C. The molecular weight excluding hydrogens is 339 g/mol. The normalized spacial score (nSPS) is 13.8. The number of hydrogen-bond donors (Lipinski definition) is 0. The molecule has 0 aromatic heterocycles. The van der Waals surface area contributed by atoms with E-state index in [4.69, 9.17) is 4.52 Å². The number of rotatable bonds is 8. The molecular formula is C18H23N2O4P. The Morgan fingerprint density at radius 1 is 1.16 bits per heavy atom. The molecule has 0 radical (unpaired) electrons. The van der Waals surface area contributed by atoms with Crippen molar-refractivity contribution in [1.29, 1.82) is 0 Å². The van der Waals surface area contributed by atoms with Gasteiger partial charge in [0.1, 0.15) is 0 Å². The highest BCUT2D eigenvalue weighted by molar-refractivity contribution is 7.64. The van der Waals surface area contributed by atoms with Crippen LogP contribution in [0.3, 0.4) is 0 Å². The van der Waals surface area contributed by atoms with Crippen LogP contribution < -0.4 is 5.30 Å². The average Bonchev–Trinajstić information content (AvgIpc) is 2.61. The van der Waals surface area contributed by atoms with Crippen LogP contribution in [0, 0.1) is 16.0 Å². The summed E-state index contributed by atoms with van der Waals surface area (Å²) in [6.07, 6.45) is 0. The molecule has 0 fully saturated rings. The van der Waals surface area contributed by atoms with Gasteiger partial charge in [0.25, 0.3) is 5.69 Å². The third kappa shape index (κ3) is 4.75. The summed E-state index contributed by atoms with van der Waals surface area (Å²) in [4.78, 5) is 10.6. The van der Waals surface area contributed by atoms with Crippen LogP contribution in [0.4, 0.5) is 5.69 Å². The monoisotopic (exact) mass is 362 g/mol. The first-order valence-electron chi connectivity index (χ1n) is 8.07. The molecule has 25 heavy (non-hydrogen) atoms. The molecule has 0 amide bonds. The van der Waals surface area contributed by atoms with Crippen molar-refractivity contribution in [2.45, 2.75) is 20.4 Å². The van der Waals surface area contributed by atoms with Crippen LogP contribution in [-0.2, 0) is 15.6 Å². The van der Waals surface area contributed by atoms with E-state index >= 15 is 0 Å². The van der Waals surface area contributed by atoms with Crippen LogP contribution in [0.15, 0.2) is 54.6 Å². The van der Waals surface area contributed by atoms with Gasteiger partial charge in [0.15, 0.2) is 0 Å². The van der Waals surface area contributed by atoms with Gasteiger partial charge in [0.2, 0.25) is 0 Å². The van der Waals surface area contributed by atoms with E-state index in [2.05, 4.69) is 0 Å². The van der Waals surface area contributed by atoms with Crippen LogP contribution in [0.25, 0.3) is 0 Å². The minimum absolute atomic E-state index is 0.0222. The number of nitro groups is 1. The molecule has 0 saturated heterocycles. The maximum absolute atomic E-state index is 13.6. The van der Waals surface area contributed by atoms with E-state index in [1.165, 1.54) is 19.2 Å². The summed E-state index contributed by atoms with van der Waals surface area (Å²) < 4.78 is 20.9. The van der Waals surface area contributed by atoms with Crippen LogP contribution in [0.1, 0.15) is 19.4 Å². The number of benzene rings is 2. The lowest BCUT2D eigenvalue weighted by molar-refractivity contribution is -0.384. The molecule has 134 valence electrons. The van der Waals surface area contributed by atoms with Crippen molar-refractivity contribution in [3.05, 3.63) is 70.3 Å². The summed E-state index contributed by atoms with van der Waals surface area (Å²) in [6.45, 7) is 4.92. The Kier molecular flexibility index (Phi) is 6.48. The number of nitro benzene ring substituents is 1. The zero-order valence-corrected chi connectivity index (χ0v) is 15.6. The first-order valence-corrected chi connectivity index (χ1v) is 9.64. The van der Waals surface area contributed by atoms with Crippen LogP contribution >= 0.6 is 7.52 Å². The van der Waals surface area contributed by atoms with Gasteiger partial charge in [-0.3, -0.25) is 14.7 Å². The molecule has 2 aromatic rings. The van der Waals surface area contributed by atoms with Crippen molar-refractivity contribution in [2.75, 3.05) is 13.7 Å². The van der Waals surface area contributed by atoms with Crippen LogP contribution in [-0.4, -0.2) is 23.2 Å². The highest BCUT2D eigenvalue weighted by atomic mass is 31.2. The Morgan fingerprint density at radius 2 is 1.84 bits per heavy atom. The molecule has 0 heterocycles. The first kappa shape index (κ1) is 19.3. The van der Waals surface area contributed by atoms with Gasteiger partial charge in [-0.2, -0.15) is 0 Å². The average molecular weight is 362 g/mol. The Morgan fingerprint density at radius 3 is 2.40 bits per heavy atom. The van der Waals surface area contributed by atoms with Crippen molar-refractivity contribution in [3.8, 4) is 0 Å². The molecule has 0 aliphatic carbocycles. The third-order valence-corrected chi connectivity index (χ3v) is 6.26. The highest BCUT2D eigenvalue weighted by Crippen LogP contribution is 2.50. The Labute approximate surface area is 148 Å². The fourth-order valence-electron chi connectivity index (χ4n) is 2.67. The zero-order chi connectivity index (χ0) is 18.4. The van der Waals surface area contributed by atoms with Crippen LogP contribution in [0.5, 0.6) is 0 Å². The van der Waals surface area contributed by atoms with E-state index in [1.807, 2.05) is 32.0 Å². The van der Waals surface area contributed by atoms with E-state index in [-0.39, 0.29) is 11.6 Å². The number of hydrogen-bond acceptors (Lipinski definition) is 4. The van der Waals surface area contributed by atoms with Crippen molar-refractivity contribution < 1.29 is 14.0 Å². The Balaban J connectivity index is 2.40. The van der Waals surface area contributed by atoms with Gasteiger partial charge in [-0.1, -0.05) is 44.2 Å². The Hall–Kier alpha value is -2.01. The minimum Gasteiger partial charge on any atom is -0.317 e. The van der Waals surface area contributed by atoms with Crippen molar-refractivity contribution in [2.24, 2.45) is 5.92 Å². The standard InChI is InChI=1S/C18H23N2O4P/c1-15(2)13-19(14-16-8-7-9-17(12-16)20(21)22)25(23,24-3)18-10-5-4-6-11-18/h4-12,15H,13-14H2,1-3H3. The summed E-state index contributed by atoms with van der Waals surface area (Å²) >= 11 is 0. The largest absolute Gasteiger partial charge is 0.317 e. The van der Waals surface area contributed by atoms with Gasteiger partial charge in [-0.15, -0.1) is 0 Å². The predicted octanol–water partition coefficient (Wildman–Crippen LogP) is 4.22. The molecule has 0 saturated carbocycles. The van der Waals surface area contributed by atoms with E-state index < -0.39 is 12.4 Å². The number of nitrogens with zero attached hydrogens (tertiary/aromatic N) is 2. The lowest BCUT2D eigenvalue weighted by Gasteiger charge is -2.31. The smallest absolute Gasteiger partial charge is 0.302 e. The molecule has 7 heteroatoms. The molecule has 2 rings (SSSR count). The molecule has 6 nitrogen and oxygen atoms in total. The molecule has 2 aromatic carbocycles. The van der Waals surface area contributed by atoms with Gasteiger partial charge in [-0.25, -0.2) is 4.67 Å². The Bertz CT molecular complexity index is 765. The molecule has 0 aliphatic rings. The van der Waals surface area contributed by atoms with Gasteiger partial charge in [0.05, 0.1) is 10.2 Å². The molecule has 1 unspecified atom stereocenters. The number of non-ortho nitro benzene ring substituents is 1. The van der Waals surface area contributed by atoms with E-state index in [1.54, 1.807) is 28.9 Å². The summed E-state index contributed by atoms with van der Waals surface area (Å²) in [7, 11) is -1.82. The van der Waals surface area contributed by atoms with Gasteiger partial charge >= 0.3 is 7.52 Å². The van der Waals surface area contributed by atoms with Gasteiger partial charge < -0.3 is 4.52 Å². The lowest BCUT2D eigenvalue weighted by Crippen LogP contribution is -2.30. The molecule has 0 aliphatic heterocycles. The fraction of sp³-hybridized carbons (Fsp3) is 0.333. The molecule has 1 atom stereocenters. The first-order chi connectivity index (χ1) is 11.9. The van der Waals surface area contributed by atoms with Crippen molar-refractivity contribution >= 4 is 18.5 Å². The van der Waals surface area contributed by atoms with E-state index in [0.717, 1.165) is 5.56 Å². The zero-order valence-electron chi connectivity index (χ0n) is 14.7. The molecule has 0 spiro atoms. The second-order valence-corrected chi connectivity index (χ2v) is 8.69. The van der Waals surface area contributed by atoms with E-state index in [0.29, 0.717) is 18.4 Å². The summed E-state index contributed by atoms with van der Waals surface area (Å²) in [5, 5.41) is 11.6. The fourth-order valence-corrected chi connectivity index (χ4v) is 4.87. The minimum atomic E-state index is -3.26. The molecule has 0 bridgehead atoms. The van der Waals surface area contributed by atoms with Crippen molar-refractivity contribution in [1.82, 2.24) is 4.67 Å². The second-order valence-electron chi connectivity index (χ2n) is 6.21. The third-order valence-electron chi connectivity index (χ3n) is 3.76. The maximum atomic E-state index is 13.6. The summed E-state index contributed by atoms with van der Waals surface area (Å²) in [6, 6.07) is 15.5. The van der Waals surface area contributed by atoms with Gasteiger partial charge in [0, 0.05) is 32.3 Å². The quantitative estimate of drug-likeness (QED) is 0.399. The van der Waals surface area contributed by atoms with E-state index in [9.17, 15) is 14.7 Å². The lowest BCUT2D eigenvalue weighted by atomic mass is 10.2. The summed E-state index contributed by atoms with van der Waals surface area (Å²) in [5.74, 6) is 0.255. The maximum Gasteiger partial charge on any atom is 0.302 e.